The number of hydrogen-bond donors (Lipinski definition) is 0. The van der Waals surface area contributed by atoms with E-state index < -0.39 is 0 Å². The first kappa shape index (κ1) is 9.72. The number of carbonyl (C=O) groups is 1. The molecular formula is C10H18O2. The summed E-state index contributed by atoms with van der Waals surface area (Å²) in [4.78, 5) is 10.9. The van der Waals surface area contributed by atoms with Crippen molar-refractivity contribution in [1.29, 1.82) is 0 Å². The van der Waals surface area contributed by atoms with E-state index in [1.165, 1.54) is 6.42 Å². The lowest BCUT2D eigenvalue weighted by Crippen LogP contribution is -2.14. The van der Waals surface area contributed by atoms with Crippen molar-refractivity contribution in [2.75, 3.05) is 13.7 Å². The van der Waals surface area contributed by atoms with Gasteiger partial charge in [-0.1, -0.05) is 0 Å². The highest BCUT2D eigenvalue weighted by Gasteiger charge is 2.17. The number of hydrogen-bond acceptors (Lipinski definition) is 2. The van der Waals surface area contributed by atoms with Gasteiger partial charge in [0.1, 0.15) is 5.78 Å². The number of ether oxygens (including phenoxy) is 1. The molecule has 0 aromatic carbocycles. The van der Waals surface area contributed by atoms with E-state index in [-0.39, 0.29) is 0 Å². The molecule has 0 amide bonds. The van der Waals surface area contributed by atoms with Gasteiger partial charge in [-0.15, -0.1) is 0 Å². The maximum atomic E-state index is 10.9. The highest BCUT2D eigenvalue weighted by Crippen LogP contribution is 2.25. The average Bonchev–Trinajstić information content (AvgIpc) is 2.09. The van der Waals surface area contributed by atoms with E-state index in [0.29, 0.717) is 5.78 Å². The van der Waals surface area contributed by atoms with Crippen LogP contribution in [0.25, 0.3) is 0 Å². The van der Waals surface area contributed by atoms with Gasteiger partial charge in [-0.05, 0) is 31.6 Å². The monoisotopic (exact) mass is 170 g/mol. The van der Waals surface area contributed by atoms with Gasteiger partial charge in [0.15, 0.2) is 0 Å². The lowest BCUT2D eigenvalue weighted by molar-refractivity contribution is -0.121. The molecule has 70 valence electrons. The topological polar surface area (TPSA) is 26.3 Å². The fraction of sp³-hybridized carbons (Fsp3) is 0.900. The van der Waals surface area contributed by atoms with Crippen molar-refractivity contribution in [3.63, 3.8) is 0 Å². The van der Waals surface area contributed by atoms with Crippen LogP contribution < -0.4 is 0 Å². The Balaban J connectivity index is 2.05. The highest BCUT2D eigenvalue weighted by molar-refractivity contribution is 5.78. The summed E-state index contributed by atoms with van der Waals surface area (Å²) in [5.41, 5.74) is 0. The molecule has 12 heavy (non-hydrogen) atoms. The molecule has 0 aromatic heterocycles. The Morgan fingerprint density at radius 3 is 2.67 bits per heavy atom. The average molecular weight is 170 g/mol. The third-order valence-corrected chi connectivity index (χ3v) is 2.62. The molecule has 1 rings (SSSR count). The molecule has 0 bridgehead atoms. The van der Waals surface area contributed by atoms with Crippen molar-refractivity contribution >= 4 is 5.78 Å². The van der Waals surface area contributed by atoms with Crippen LogP contribution >= 0.6 is 0 Å². The standard InChI is InChI=1S/C10H18O2/c1-12-8-2-3-9-4-6-10(11)7-5-9/h9H,2-8H2,1H3. The predicted octanol–water partition coefficient (Wildman–Crippen LogP) is 2.17. The SMILES string of the molecule is COCCCC1CCC(=O)CC1. The molecule has 0 atom stereocenters. The molecule has 0 saturated heterocycles. The molecule has 2 nitrogen and oxygen atoms in total. The van der Waals surface area contributed by atoms with Crippen molar-refractivity contribution < 1.29 is 9.53 Å². The molecule has 1 saturated carbocycles. The van der Waals surface area contributed by atoms with Gasteiger partial charge in [0.05, 0.1) is 0 Å². The molecule has 0 N–H and O–H groups in total. The first-order valence-corrected chi connectivity index (χ1v) is 4.83. The van der Waals surface area contributed by atoms with Gasteiger partial charge >= 0.3 is 0 Å². The normalized spacial score (nSPS) is 19.9. The summed E-state index contributed by atoms with van der Waals surface area (Å²) in [5.74, 6) is 1.25. The van der Waals surface area contributed by atoms with Crippen LogP contribution in [0.3, 0.4) is 0 Å². The minimum atomic E-state index is 0.456. The van der Waals surface area contributed by atoms with E-state index >= 15 is 0 Å². The van der Waals surface area contributed by atoms with Crippen LogP contribution in [0.2, 0.25) is 0 Å². The van der Waals surface area contributed by atoms with Crippen molar-refractivity contribution in [3.05, 3.63) is 0 Å². The summed E-state index contributed by atoms with van der Waals surface area (Å²) in [6.45, 7) is 0.866. The smallest absolute Gasteiger partial charge is 0.132 e. The van der Waals surface area contributed by atoms with Gasteiger partial charge in [-0.25, -0.2) is 0 Å². The minimum absolute atomic E-state index is 0.456. The number of Topliss-reactive ketones (excluding diaryl/α,β-unsaturated/α-hetero) is 1. The van der Waals surface area contributed by atoms with Gasteiger partial charge < -0.3 is 4.74 Å². The quantitative estimate of drug-likeness (QED) is 0.604. The van der Waals surface area contributed by atoms with Gasteiger partial charge in [-0.3, -0.25) is 4.79 Å². The third-order valence-electron chi connectivity index (χ3n) is 2.62. The van der Waals surface area contributed by atoms with Crippen LogP contribution in [0.15, 0.2) is 0 Å². The van der Waals surface area contributed by atoms with Gasteiger partial charge in [0.2, 0.25) is 0 Å². The Labute approximate surface area is 74.3 Å². The van der Waals surface area contributed by atoms with Gasteiger partial charge in [0, 0.05) is 26.6 Å². The number of carbonyl (C=O) groups excluding carboxylic acids is 1. The fourth-order valence-corrected chi connectivity index (χ4v) is 1.80. The molecule has 1 aliphatic rings. The maximum absolute atomic E-state index is 10.9. The third kappa shape index (κ3) is 3.35. The molecule has 2 heteroatoms. The van der Waals surface area contributed by atoms with E-state index in [4.69, 9.17) is 4.74 Å². The van der Waals surface area contributed by atoms with E-state index in [1.54, 1.807) is 7.11 Å². The number of ketones is 1. The second kappa shape index (κ2) is 5.31. The van der Waals surface area contributed by atoms with Crippen LogP contribution in [0, 0.1) is 5.92 Å². The van der Waals surface area contributed by atoms with Crippen molar-refractivity contribution in [3.8, 4) is 0 Å². The zero-order chi connectivity index (χ0) is 8.81. The zero-order valence-corrected chi connectivity index (χ0v) is 7.84. The summed E-state index contributed by atoms with van der Waals surface area (Å²) < 4.78 is 4.99. The minimum Gasteiger partial charge on any atom is -0.385 e. The number of rotatable bonds is 4. The van der Waals surface area contributed by atoms with Crippen LogP contribution in [0.5, 0.6) is 0 Å². The van der Waals surface area contributed by atoms with Gasteiger partial charge in [0.25, 0.3) is 0 Å². The van der Waals surface area contributed by atoms with Crippen molar-refractivity contribution in [2.45, 2.75) is 38.5 Å². The second-order valence-electron chi connectivity index (χ2n) is 3.62. The lowest BCUT2D eigenvalue weighted by Gasteiger charge is -2.20. The van der Waals surface area contributed by atoms with E-state index in [1.807, 2.05) is 0 Å². The lowest BCUT2D eigenvalue weighted by atomic mass is 9.85. The second-order valence-corrected chi connectivity index (χ2v) is 3.62. The van der Waals surface area contributed by atoms with Crippen molar-refractivity contribution in [1.82, 2.24) is 0 Å². The largest absolute Gasteiger partial charge is 0.385 e. The fourth-order valence-electron chi connectivity index (χ4n) is 1.80. The molecule has 0 unspecified atom stereocenters. The Morgan fingerprint density at radius 2 is 2.08 bits per heavy atom. The zero-order valence-electron chi connectivity index (χ0n) is 7.84. The Morgan fingerprint density at radius 1 is 1.42 bits per heavy atom. The summed E-state index contributed by atoms with van der Waals surface area (Å²) >= 11 is 0. The van der Waals surface area contributed by atoms with E-state index in [2.05, 4.69) is 0 Å². The molecular weight excluding hydrogens is 152 g/mol. The Hall–Kier alpha value is -0.370. The van der Waals surface area contributed by atoms with Gasteiger partial charge in [-0.2, -0.15) is 0 Å². The molecule has 1 aliphatic carbocycles. The van der Waals surface area contributed by atoms with E-state index in [0.717, 1.165) is 44.6 Å². The molecule has 0 aromatic rings. The molecule has 0 spiro atoms. The molecule has 0 radical (unpaired) electrons. The molecule has 0 heterocycles. The number of methoxy groups -OCH3 is 1. The summed E-state index contributed by atoms with van der Waals surface area (Å²) in [6.07, 6.45) is 6.25. The molecule has 1 fully saturated rings. The Kier molecular flexibility index (Phi) is 4.30. The summed E-state index contributed by atoms with van der Waals surface area (Å²) in [7, 11) is 1.74. The van der Waals surface area contributed by atoms with Crippen LogP contribution in [0.4, 0.5) is 0 Å². The van der Waals surface area contributed by atoms with Crippen molar-refractivity contribution in [2.24, 2.45) is 5.92 Å². The predicted molar refractivity (Wildman–Crippen MR) is 48.1 cm³/mol. The highest BCUT2D eigenvalue weighted by atomic mass is 16.5. The van der Waals surface area contributed by atoms with Crippen LogP contribution in [-0.2, 0) is 9.53 Å². The Bertz CT molecular complexity index is 133. The maximum Gasteiger partial charge on any atom is 0.132 e. The van der Waals surface area contributed by atoms with Crippen LogP contribution in [-0.4, -0.2) is 19.5 Å². The van der Waals surface area contributed by atoms with Crippen LogP contribution in [0.1, 0.15) is 38.5 Å². The molecule has 0 aliphatic heterocycles. The first-order chi connectivity index (χ1) is 5.83. The summed E-state index contributed by atoms with van der Waals surface area (Å²) in [6, 6.07) is 0. The summed E-state index contributed by atoms with van der Waals surface area (Å²) in [5, 5.41) is 0. The van der Waals surface area contributed by atoms with E-state index in [9.17, 15) is 4.79 Å². The first-order valence-electron chi connectivity index (χ1n) is 4.83.